The number of amides is 5. The summed E-state index contributed by atoms with van der Waals surface area (Å²) in [5, 5.41) is 0. The van der Waals surface area contributed by atoms with Crippen molar-refractivity contribution in [1.29, 1.82) is 0 Å². The number of nitrogens with one attached hydrogen (secondary N) is 1. The lowest BCUT2D eigenvalue weighted by Crippen LogP contribution is -2.46. The molecule has 1 N–H and O–H groups in total. The van der Waals surface area contributed by atoms with Crippen LogP contribution in [-0.2, 0) is 9.59 Å². The Morgan fingerprint density at radius 2 is 1.73 bits per heavy atom. The van der Waals surface area contributed by atoms with Gasteiger partial charge in [-0.3, -0.25) is 24.1 Å². The molecule has 4 rings (SSSR count). The molecule has 3 heterocycles. The highest BCUT2D eigenvalue weighted by molar-refractivity contribution is 6.45. The van der Waals surface area contributed by atoms with Crippen molar-refractivity contribution in [2.24, 2.45) is 5.92 Å². The number of carbonyl (C=O) groups excluding carboxylic acids is 5. The summed E-state index contributed by atoms with van der Waals surface area (Å²) in [6, 6.07) is 0.414. The first-order valence-corrected chi connectivity index (χ1v) is 10.6. The quantitative estimate of drug-likeness (QED) is 0.449. The molecule has 30 heavy (non-hydrogen) atoms. The van der Waals surface area contributed by atoms with Gasteiger partial charge < -0.3 is 9.88 Å². The molecule has 3 fully saturated rings. The minimum absolute atomic E-state index is 0.124. The summed E-state index contributed by atoms with van der Waals surface area (Å²) in [6.07, 6.45) is 6.83. The van der Waals surface area contributed by atoms with E-state index in [9.17, 15) is 24.0 Å². The predicted octanol–water partition coefficient (Wildman–Crippen LogP) is 1.80. The molecule has 0 radical (unpaired) electrons. The number of hydrogen-bond donors (Lipinski definition) is 1. The molecule has 2 aliphatic heterocycles. The molecule has 0 spiro atoms. The van der Waals surface area contributed by atoms with Crippen LogP contribution in [-0.4, -0.2) is 74.9 Å². The maximum Gasteiger partial charge on any atom is 0.334 e. The van der Waals surface area contributed by atoms with Gasteiger partial charge in [-0.2, -0.15) is 0 Å². The molecule has 5 amide bonds. The number of likely N-dealkylation sites (tertiary alicyclic amines) is 1. The smallest absolute Gasteiger partial charge is 0.334 e. The molecule has 2 unspecified atom stereocenters. The third-order valence-corrected chi connectivity index (χ3v) is 6.41. The number of Topliss-reactive ketones (excluding diaryl/α,β-unsaturated/α-hetero) is 1. The zero-order valence-electron chi connectivity index (χ0n) is 17.1. The number of H-pyrrole nitrogens is 1. The van der Waals surface area contributed by atoms with Crippen molar-refractivity contribution in [3.63, 3.8) is 0 Å². The van der Waals surface area contributed by atoms with Crippen LogP contribution in [0.15, 0.2) is 12.3 Å². The lowest BCUT2D eigenvalue weighted by molar-refractivity contribution is -0.144. The highest BCUT2D eigenvalue weighted by Crippen LogP contribution is 2.31. The number of aromatic amines is 1. The number of rotatable bonds is 5. The van der Waals surface area contributed by atoms with Crippen molar-refractivity contribution in [1.82, 2.24) is 19.7 Å². The van der Waals surface area contributed by atoms with Gasteiger partial charge in [0.1, 0.15) is 5.69 Å². The fraction of sp³-hybridized carbons (Fsp3) is 0.571. The zero-order chi connectivity index (χ0) is 21.4. The van der Waals surface area contributed by atoms with E-state index in [1.807, 2.05) is 6.92 Å². The molecule has 9 heteroatoms. The second-order valence-electron chi connectivity index (χ2n) is 8.40. The van der Waals surface area contributed by atoms with Crippen molar-refractivity contribution < 1.29 is 24.0 Å². The minimum atomic E-state index is -0.963. The summed E-state index contributed by atoms with van der Waals surface area (Å²) in [5.41, 5.74) is 0.503. The van der Waals surface area contributed by atoms with E-state index in [0.29, 0.717) is 25.2 Å². The van der Waals surface area contributed by atoms with Gasteiger partial charge >= 0.3 is 17.8 Å². The molecule has 1 aromatic rings. The van der Waals surface area contributed by atoms with Crippen molar-refractivity contribution in [2.75, 3.05) is 19.6 Å². The Balaban J connectivity index is 1.45. The van der Waals surface area contributed by atoms with E-state index >= 15 is 0 Å². The second kappa shape index (κ2) is 8.04. The van der Waals surface area contributed by atoms with Crippen molar-refractivity contribution in [2.45, 2.75) is 51.5 Å². The number of carbonyl (C=O) groups is 5. The van der Waals surface area contributed by atoms with Crippen LogP contribution in [0.5, 0.6) is 0 Å². The largest absolute Gasteiger partial charge is 0.356 e. The Morgan fingerprint density at radius 3 is 2.43 bits per heavy atom. The lowest BCUT2D eigenvalue weighted by Gasteiger charge is -2.34. The summed E-state index contributed by atoms with van der Waals surface area (Å²) in [6.45, 7) is 2.84. The Hall–Kier alpha value is -2.97. The summed E-state index contributed by atoms with van der Waals surface area (Å²) in [4.78, 5) is 69.1. The molecule has 2 atom stereocenters. The number of ketones is 1. The van der Waals surface area contributed by atoms with E-state index in [-0.39, 0.29) is 23.4 Å². The van der Waals surface area contributed by atoms with Crippen molar-refractivity contribution >= 4 is 29.5 Å². The van der Waals surface area contributed by atoms with Crippen LogP contribution in [0.2, 0.25) is 0 Å². The molecule has 9 nitrogen and oxygen atoms in total. The van der Waals surface area contributed by atoms with Gasteiger partial charge in [0.2, 0.25) is 0 Å². The standard InChI is InChI=1S/C21H26N4O5/c1-13-6-2-3-7-16(13)25-20(29)19(28)24(21(25)30)12-17(26)14-10-15(22-11-14)18(27)23-8-4-5-9-23/h10-11,13,16,22H,2-9,12H2,1H3. The van der Waals surface area contributed by atoms with Crippen molar-refractivity contribution in [3.8, 4) is 0 Å². The summed E-state index contributed by atoms with van der Waals surface area (Å²) in [7, 11) is 0. The Morgan fingerprint density at radius 1 is 1.03 bits per heavy atom. The first-order valence-electron chi connectivity index (χ1n) is 10.6. The third kappa shape index (κ3) is 3.53. The van der Waals surface area contributed by atoms with Gasteiger partial charge in [-0.15, -0.1) is 0 Å². The third-order valence-electron chi connectivity index (χ3n) is 6.41. The predicted molar refractivity (Wildman–Crippen MR) is 106 cm³/mol. The Labute approximate surface area is 174 Å². The Kier molecular flexibility index (Phi) is 5.44. The SMILES string of the molecule is CC1CCCCC1N1C(=O)C(=O)N(CC(=O)c2c[nH]c(C(=O)N3CCCC3)c2)C1=O. The minimum Gasteiger partial charge on any atom is -0.356 e. The average molecular weight is 414 g/mol. The van der Waals surface area contributed by atoms with Gasteiger partial charge in [-0.25, -0.2) is 9.69 Å². The highest BCUT2D eigenvalue weighted by atomic mass is 16.2. The first kappa shape index (κ1) is 20.3. The van der Waals surface area contributed by atoms with Crippen molar-refractivity contribution in [3.05, 3.63) is 23.5 Å². The number of aromatic nitrogens is 1. The van der Waals surface area contributed by atoms with Gasteiger partial charge in [0.25, 0.3) is 5.91 Å². The molecule has 0 bridgehead atoms. The molecule has 1 saturated carbocycles. The van der Waals surface area contributed by atoms with Crippen LogP contribution in [0.3, 0.4) is 0 Å². The molecule has 0 aromatic carbocycles. The maximum atomic E-state index is 12.8. The maximum absolute atomic E-state index is 12.8. The molecular formula is C21H26N4O5. The van der Waals surface area contributed by atoms with Gasteiger partial charge in [0, 0.05) is 30.9 Å². The number of imide groups is 2. The fourth-order valence-corrected chi connectivity index (χ4v) is 4.64. The van der Waals surface area contributed by atoms with E-state index in [1.165, 1.54) is 12.3 Å². The Bertz CT molecular complexity index is 901. The van der Waals surface area contributed by atoms with Crippen LogP contribution in [0, 0.1) is 5.92 Å². The second-order valence-corrected chi connectivity index (χ2v) is 8.40. The van der Waals surface area contributed by atoms with Crippen LogP contribution >= 0.6 is 0 Å². The summed E-state index contributed by atoms with van der Waals surface area (Å²) in [5.74, 6) is -2.37. The van der Waals surface area contributed by atoms with E-state index in [2.05, 4.69) is 4.98 Å². The van der Waals surface area contributed by atoms with E-state index in [4.69, 9.17) is 0 Å². The fourth-order valence-electron chi connectivity index (χ4n) is 4.64. The monoisotopic (exact) mass is 414 g/mol. The first-order chi connectivity index (χ1) is 14.4. The molecule has 1 aliphatic carbocycles. The lowest BCUT2D eigenvalue weighted by atomic mass is 9.85. The van der Waals surface area contributed by atoms with Gasteiger partial charge in [0.05, 0.1) is 6.54 Å². The van der Waals surface area contributed by atoms with E-state index in [1.54, 1.807) is 4.90 Å². The van der Waals surface area contributed by atoms with E-state index in [0.717, 1.165) is 41.9 Å². The number of nitrogens with zero attached hydrogens (tertiary/aromatic N) is 3. The molecule has 1 aromatic heterocycles. The van der Waals surface area contributed by atoms with Crippen LogP contribution in [0.4, 0.5) is 4.79 Å². The summed E-state index contributed by atoms with van der Waals surface area (Å²) >= 11 is 0. The normalized spacial score (nSPS) is 24.8. The molecule has 2 saturated heterocycles. The highest BCUT2D eigenvalue weighted by Gasteiger charge is 2.49. The molecule has 3 aliphatic rings. The van der Waals surface area contributed by atoms with Crippen LogP contribution < -0.4 is 0 Å². The molecular weight excluding hydrogens is 388 g/mol. The number of hydrogen-bond acceptors (Lipinski definition) is 5. The zero-order valence-corrected chi connectivity index (χ0v) is 17.1. The van der Waals surface area contributed by atoms with E-state index < -0.39 is 30.2 Å². The van der Waals surface area contributed by atoms with Crippen LogP contribution in [0.1, 0.15) is 66.3 Å². The number of urea groups is 1. The van der Waals surface area contributed by atoms with Crippen LogP contribution in [0.25, 0.3) is 0 Å². The van der Waals surface area contributed by atoms with Gasteiger partial charge in [0.15, 0.2) is 5.78 Å². The summed E-state index contributed by atoms with van der Waals surface area (Å²) < 4.78 is 0. The van der Waals surface area contributed by atoms with Gasteiger partial charge in [-0.05, 0) is 37.7 Å². The van der Waals surface area contributed by atoms with Gasteiger partial charge in [-0.1, -0.05) is 19.8 Å². The average Bonchev–Trinajstić information content (AvgIpc) is 3.47. The topological polar surface area (TPSA) is 111 Å². The molecule has 160 valence electrons.